The lowest BCUT2D eigenvalue weighted by Crippen LogP contribution is -2.53. The first-order chi connectivity index (χ1) is 11.8. The van der Waals surface area contributed by atoms with Gasteiger partial charge in [0.15, 0.2) is 4.96 Å². The number of nitrogens with zero attached hydrogens (tertiary/aromatic N) is 3. The zero-order chi connectivity index (χ0) is 16.4. The lowest BCUT2D eigenvalue weighted by atomic mass is 9.90. The molecule has 0 bridgehead atoms. The average Bonchev–Trinajstić information content (AvgIpc) is 3.30. The number of nitrogens with one attached hydrogen (secondary N) is 1. The summed E-state index contributed by atoms with van der Waals surface area (Å²) in [6.45, 7) is 3.98. The summed E-state index contributed by atoms with van der Waals surface area (Å²) in [4.78, 5) is 20.6. The zero-order valence-corrected chi connectivity index (χ0v) is 14.7. The Hall–Kier alpha value is -1.44. The molecule has 2 fully saturated rings. The molecule has 0 spiro atoms. The largest absolute Gasteiger partial charge is 0.379 e. The molecule has 1 saturated heterocycles. The van der Waals surface area contributed by atoms with Crippen LogP contribution in [0, 0.1) is 0 Å². The number of hydrogen-bond donors (Lipinski definition) is 1. The van der Waals surface area contributed by atoms with E-state index in [1.807, 2.05) is 22.2 Å². The SMILES string of the molecule is O=C(CC1(N2CCOCC2)CCCC1)NCc1cn2ccsc2n1. The number of carbonyl (C=O) groups excluding carboxylic acids is 1. The monoisotopic (exact) mass is 348 g/mol. The van der Waals surface area contributed by atoms with Crippen LogP contribution >= 0.6 is 11.3 Å². The van der Waals surface area contributed by atoms with Crippen LogP contribution in [-0.2, 0) is 16.1 Å². The van der Waals surface area contributed by atoms with Crippen molar-refractivity contribution >= 4 is 22.2 Å². The highest BCUT2D eigenvalue weighted by Crippen LogP contribution is 2.38. The van der Waals surface area contributed by atoms with E-state index in [0.717, 1.165) is 49.8 Å². The van der Waals surface area contributed by atoms with Gasteiger partial charge in [0.05, 0.1) is 25.5 Å². The first kappa shape index (κ1) is 16.1. The van der Waals surface area contributed by atoms with Crippen molar-refractivity contribution in [1.82, 2.24) is 19.6 Å². The molecule has 1 aliphatic carbocycles. The van der Waals surface area contributed by atoms with Crippen molar-refractivity contribution in [3.8, 4) is 0 Å². The van der Waals surface area contributed by atoms with Gasteiger partial charge in [-0.25, -0.2) is 4.98 Å². The van der Waals surface area contributed by atoms with Crippen LogP contribution in [-0.4, -0.2) is 52.0 Å². The second-order valence-electron chi connectivity index (χ2n) is 6.81. The van der Waals surface area contributed by atoms with Crippen molar-refractivity contribution in [1.29, 1.82) is 0 Å². The molecular weight excluding hydrogens is 324 g/mol. The summed E-state index contributed by atoms with van der Waals surface area (Å²) in [5.74, 6) is 0.139. The number of carbonyl (C=O) groups is 1. The number of imidazole rings is 1. The first-order valence-electron chi connectivity index (χ1n) is 8.76. The van der Waals surface area contributed by atoms with Crippen molar-refractivity contribution in [3.63, 3.8) is 0 Å². The van der Waals surface area contributed by atoms with Crippen molar-refractivity contribution < 1.29 is 9.53 Å². The highest BCUT2D eigenvalue weighted by molar-refractivity contribution is 7.15. The van der Waals surface area contributed by atoms with Gasteiger partial charge in [-0.1, -0.05) is 12.8 Å². The summed E-state index contributed by atoms with van der Waals surface area (Å²) in [6, 6.07) is 0. The number of ether oxygens (including phenoxy) is 1. The maximum Gasteiger partial charge on any atom is 0.222 e. The van der Waals surface area contributed by atoms with Crippen LogP contribution in [0.5, 0.6) is 0 Å². The van der Waals surface area contributed by atoms with E-state index in [4.69, 9.17) is 4.74 Å². The Bertz CT molecular complexity index is 670. The summed E-state index contributed by atoms with van der Waals surface area (Å²) in [6.07, 6.45) is 9.27. The fourth-order valence-electron chi connectivity index (χ4n) is 4.09. The second kappa shape index (κ2) is 6.82. The predicted octanol–water partition coefficient (Wildman–Crippen LogP) is 2.05. The van der Waals surface area contributed by atoms with Crippen LogP contribution in [0.2, 0.25) is 0 Å². The van der Waals surface area contributed by atoms with Crippen LogP contribution < -0.4 is 5.32 Å². The van der Waals surface area contributed by atoms with Gasteiger partial charge in [-0.3, -0.25) is 14.1 Å². The number of fused-ring (bicyclic) bond motifs is 1. The minimum atomic E-state index is 0.0441. The Balaban J connectivity index is 1.37. The van der Waals surface area contributed by atoms with Gasteiger partial charge in [-0.05, 0) is 12.8 Å². The van der Waals surface area contributed by atoms with E-state index < -0.39 is 0 Å². The third-order valence-electron chi connectivity index (χ3n) is 5.32. The molecule has 1 saturated carbocycles. The van der Waals surface area contributed by atoms with Gasteiger partial charge in [0.1, 0.15) is 0 Å². The third-order valence-corrected chi connectivity index (χ3v) is 6.09. The topological polar surface area (TPSA) is 58.9 Å². The molecule has 1 N–H and O–H groups in total. The fraction of sp³-hybridized carbons (Fsp3) is 0.647. The molecule has 2 aliphatic rings. The number of rotatable bonds is 5. The number of amides is 1. The Labute approximate surface area is 145 Å². The number of aromatic nitrogens is 2. The molecule has 130 valence electrons. The van der Waals surface area contributed by atoms with Gasteiger partial charge >= 0.3 is 0 Å². The molecule has 7 heteroatoms. The normalized spacial score (nSPS) is 21.3. The minimum absolute atomic E-state index is 0.0441. The molecular formula is C17H24N4O2S. The van der Waals surface area contributed by atoms with Gasteiger partial charge in [0.2, 0.25) is 5.91 Å². The molecule has 3 heterocycles. The summed E-state index contributed by atoms with van der Waals surface area (Å²) in [5, 5.41) is 5.08. The number of thiazole rings is 1. The molecule has 24 heavy (non-hydrogen) atoms. The van der Waals surface area contributed by atoms with Crippen LogP contribution in [0.1, 0.15) is 37.8 Å². The molecule has 1 aliphatic heterocycles. The molecule has 2 aromatic heterocycles. The average molecular weight is 348 g/mol. The Morgan fingerprint density at radius 3 is 2.88 bits per heavy atom. The van der Waals surface area contributed by atoms with E-state index in [1.54, 1.807) is 11.3 Å². The highest BCUT2D eigenvalue weighted by Gasteiger charge is 2.41. The molecule has 6 nitrogen and oxygen atoms in total. The zero-order valence-electron chi connectivity index (χ0n) is 13.9. The van der Waals surface area contributed by atoms with E-state index in [9.17, 15) is 4.79 Å². The Morgan fingerprint density at radius 2 is 2.12 bits per heavy atom. The first-order valence-corrected chi connectivity index (χ1v) is 9.64. The van der Waals surface area contributed by atoms with Gasteiger partial charge < -0.3 is 10.1 Å². The molecule has 0 radical (unpaired) electrons. The lowest BCUT2D eigenvalue weighted by molar-refractivity contribution is -0.125. The van der Waals surface area contributed by atoms with Gasteiger partial charge in [0.25, 0.3) is 0 Å². The van der Waals surface area contributed by atoms with Crippen molar-refractivity contribution in [2.45, 2.75) is 44.2 Å². The van der Waals surface area contributed by atoms with E-state index in [1.165, 1.54) is 12.8 Å². The minimum Gasteiger partial charge on any atom is -0.379 e. The molecule has 1 amide bonds. The summed E-state index contributed by atoms with van der Waals surface area (Å²) >= 11 is 1.61. The molecule has 0 aromatic carbocycles. The highest BCUT2D eigenvalue weighted by atomic mass is 32.1. The van der Waals surface area contributed by atoms with Crippen LogP contribution in [0.25, 0.3) is 4.96 Å². The van der Waals surface area contributed by atoms with Crippen LogP contribution in [0.4, 0.5) is 0 Å². The maximum absolute atomic E-state index is 12.6. The van der Waals surface area contributed by atoms with Gasteiger partial charge in [-0.15, -0.1) is 11.3 Å². The van der Waals surface area contributed by atoms with Crippen LogP contribution in [0.3, 0.4) is 0 Å². The predicted molar refractivity (Wildman–Crippen MR) is 93.1 cm³/mol. The van der Waals surface area contributed by atoms with Gasteiger partial charge in [0, 0.05) is 42.8 Å². The van der Waals surface area contributed by atoms with Crippen LogP contribution in [0.15, 0.2) is 17.8 Å². The quantitative estimate of drug-likeness (QED) is 0.898. The smallest absolute Gasteiger partial charge is 0.222 e. The number of morpholine rings is 1. The molecule has 4 rings (SSSR count). The Morgan fingerprint density at radius 1 is 1.33 bits per heavy atom. The maximum atomic E-state index is 12.6. The summed E-state index contributed by atoms with van der Waals surface area (Å²) in [5.41, 5.74) is 0.963. The van der Waals surface area contributed by atoms with Gasteiger partial charge in [-0.2, -0.15) is 0 Å². The fourth-order valence-corrected chi connectivity index (χ4v) is 4.81. The number of hydrogen-bond acceptors (Lipinski definition) is 5. The van der Waals surface area contributed by atoms with E-state index >= 15 is 0 Å². The standard InChI is InChI=1S/C17H24N4O2S/c22-15(18-12-14-13-20-7-10-24-16(20)19-14)11-17(3-1-2-4-17)21-5-8-23-9-6-21/h7,10,13H,1-6,8-9,11-12H2,(H,18,22). The lowest BCUT2D eigenvalue weighted by Gasteiger charge is -2.43. The molecule has 0 atom stereocenters. The Kier molecular flexibility index (Phi) is 4.56. The van der Waals surface area contributed by atoms with E-state index in [-0.39, 0.29) is 11.4 Å². The third kappa shape index (κ3) is 3.20. The molecule has 0 unspecified atom stereocenters. The van der Waals surface area contributed by atoms with Crippen molar-refractivity contribution in [2.75, 3.05) is 26.3 Å². The molecule has 2 aromatic rings. The van der Waals surface area contributed by atoms with E-state index in [2.05, 4.69) is 15.2 Å². The van der Waals surface area contributed by atoms with Crippen molar-refractivity contribution in [2.24, 2.45) is 0 Å². The summed E-state index contributed by atoms with van der Waals surface area (Å²) < 4.78 is 7.48. The second-order valence-corrected chi connectivity index (χ2v) is 7.68. The summed E-state index contributed by atoms with van der Waals surface area (Å²) in [7, 11) is 0. The van der Waals surface area contributed by atoms with E-state index in [0.29, 0.717) is 13.0 Å². The van der Waals surface area contributed by atoms with Crippen molar-refractivity contribution in [3.05, 3.63) is 23.5 Å².